The van der Waals surface area contributed by atoms with Crippen LogP contribution in [-0.4, -0.2) is 34.4 Å². The topological polar surface area (TPSA) is 87.6 Å². The van der Waals surface area contributed by atoms with Crippen LogP contribution in [0.5, 0.6) is 0 Å². The van der Waals surface area contributed by atoms with Gasteiger partial charge in [-0.05, 0) is 19.4 Å². The Balaban J connectivity index is 1.49. The van der Waals surface area contributed by atoms with E-state index >= 15 is 0 Å². The molecular weight excluding hydrogens is 400 g/mol. The second-order valence-corrected chi connectivity index (χ2v) is 8.13. The van der Waals surface area contributed by atoms with Gasteiger partial charge in [0, 0.05) is 37.7 Å². The maximum Gasteiger partial charge on any atom is 0.332 e. The molecule has 0 spiro atoms. The third kappa shape index (κ3) is 3.80. The highest BCUT2D eigenvalue weighted by Gasteiger charge is 2.14. The summed E-state index contributed by atoms with van der Waals surface area (Å²) in [7, 11) is 3.38. The van der Waals surface area contributed by atoms with Crippen LogP contribution in [0.1, 0.15) is 12.1 Å². The molecule has 0 aliphatic heterocycles. The zero-order valence-electron chi connectivity index (χ0n) is 17.1. The number of thioether (sulfide) groups is 1. The maximum absolute atomic E-state index is 12.8. The van der Waals surface area contributed by atoms with E-state index < -0.39 is 0 Å². The largest absolute Gasteiger partial charge is 0.332 e. The molecule has 8 nitrogen and oxygen atoms in total. The van der Waals surface area contributed by atoms with E-state index in [9.17, 15) is 9.59 Å². The van der Waals surface area contributed by atoms with Crippen molar-refractivity contribution in [3.05, 3.63) is 69.3 Å². The predicted octanol–water partition coefficient (Wildman–Crippen LogP) is 2.38. The van der Waals surface area contributed by atoms with Crippen LogP contribution in [0.15, 0.2) is 57.5 Å². The van der Waals surface area contributed by atoms with Crippen LogP contribution < -0.4 is 11.2 Å². The molecule has 1 aromatic carbocycles. The molecule has 0 aliphatic rings. The smallest absolute Gasteiger partial charge is 0.328 e. The van der Waals surface area contributed by atoms with E-state index in [2.05, 4.69) is 15.0 Å². The molecule has 0 unspecified atom stereocenters. The minimum Gasteiger partial charge on any atom is -0.328 e. The Hall–Kier alpha value is -3.20. The summed E-state index contributed by atoms with van der Waals surface area (Å²) < 4.78 is 4.34. The first kappa shape index (κ1) is 20.1. The van der Waals surface area contributed by atoms with Crippen molar-refractivity contribution >= 4 is 22.9 Å². The number of aryl methyl sites for hydroxylation is 3. The average molecular weight is 423 g/mol. The molecule has 0 fully saturated rings. The minimum atomic E-state index is -0.352. The van der Waals surface area contributed by atoms with Crippen molar-refractivity contribution in [2.75, 3.05) is 5.75 Å². The first-order chi connectivity index (χ1) is 14.5. The van der Waals surface area contributed by atoms with Crippen molar-refractivity contribution in [1.82, 2.24) is 28.7 Å². The molecule has 4 aromatic rings. The number of imidazole rings is 1. The fourth-order valence-electron chi connectivity index (χ4n) is 3.34. The zero-order valence-corrected chi connectivity index (χ0v) is 17.9. The molecule has 0 atom stereocenters. The van der Waals surface area contributed by atoms with Crippen LogP contribution in [-0.2, 0) is 20.6 Å². The molecule has 0 bridgehead atoms. The normalized spacial score (nSPS) is 11.3. The molecule has 0 aliphatic carbocycles. The molecule has 0 saturated heterocycles. The lowest BCUT2D eigenvalue weighted by Crippen LogP contribution is -2.39. The van der Waals surface area contributed by atoms with Gasteiger partial charge in [0.05, 0.1) is 12.0 Å². The summed E-state index contributed by atoms with van der Waals surface area (Å²) in [6, 6.07) is 11.9. The lowest BCUT2D eigenvalue weighted by molar-refractivity contribution is 0.594. The maximum atomic E-state index is 12.8. The van der Waals surface area contributed by atoms with Gasteiger partial charge in [-0.3, -0.25) is 13.9 Å². The van der Waals surface area contributed by atoms with Gasteiger partial charge in [-0.25, -0.2) is 19.7 Å². The lowest BCUT2D eigenvalue weighted by Gasteiger charge is -2.09. The summed E-state index contributed by atoms with van der Waals surface area (Å²) in [6.45, 7) is 2.28. The van der Waals surface area contributed by atoms with Crippen LogP contribution >= 0.6 is 11.8 Å². The molecule has 9 heteroatoms. The first-order valence-electron chi connectivity index (χ1n) is 9.60. The van der Waals surface area contributed by atoms with Gasteiger partial charge in [0.15, 0.2) is 16.3 Å². The van der Waals surface area contributed by atoms with E-state index in [0.717, 1.165) is 17.0 Å². The Morgan fingerprint density at radius 2 is 1.83 bits per heavy atom. The number of fused-ring (bicyclic) bond motifs is 1. The monoisotopic (exact) mass is 422 g/mol. The van der Waals surface area contributed by atoms with E-state index in [1.165, 1.54) is 20.9 Å². The third-order valence-corrected chi connectivity index (χ3v) is 5.80. The Kier molecular flexibility index (Phi) is 5.54. The Morgan fingerprint density at radius 3 is 2.60 bits per heavy atom. The molecule has 3 heterocycles. The molecule has 154 valence electrons. The summed E-state index contributed by atoms with van der Waals surface area (Å²) in [6.07, 6.45) is 2.19. The van der Waals surface area contributed by atoms with Crippen molar-refractivity contribution in [3.8, 4) is 11.3 Å². The van der Waals surface area contributed by atoms with Crippen LogP contribution in [0.3, 0.4) is 0 Å². The van der Waals surface area contributed by atoms with Gasteiger partial charge < -0.3 is 4.57 Å². The number of nitrogens with zero attached hydrogens (tertiary/aromatic N) is 6. The van der Waals surface area contributed by atoms with Crippen LogP contribution in [0.2, 0.25) is 0 Å². The fraction of sp³-hybridized carbons (Fsp3) is 0.286. The van der Waals surface area contributed by atoms with Gasteiger partial charge in [0.2, 0.25) is 0 Å². The van der Waals surface area contributed by atoms with Crippen molar-refractivity contribution < 1.29 is 0 Å². The second-order valence-electron chi connectivity index (χ2n) is 7.07. The van der Waals surface area contributed by atoms with E-state index in [4.69, 9.17) is 0 Å². The standard InChI is InChI=1S/C21H22N6O2S/c1-14-12-16(15-8-5-4-6-9-15)24-20(23-14)30-11-7-10-27-19(28)17-18(22-13-25(17)2)26(3)21(27)29/h4-6,8-9,12-13H,7,10-11H2,1-3H3. The first-order valence-corrected chi connectivity index (χ1v) is 10.6. The molecule has 0 N–H and O–H groups in total. The van der Waals surface area contributed by atoms with Crippen molar-refractivity contribution in [2.45, 2.75) is 25.0 Å². The van der Waals surface area contributed by atoms with Gasteiger partial charge in [-0.1, -0.05) is 42.1 Å². The quantitative estimate of drug-likeness (QED) is 0.269. The van der Waals surface area contributed by atoms with Crippen LogP contribution in [0.25, 0.3) is 22.4 Å². The van der Waals surface area contributed by atoms with Gasteiger partial charge >= 0.3 is 5.69 Å². The molecular formula is C21H22N6O2S. The summed E-state index contributed by atoms with van der Waals surface area (Å²) >= 11 is 1.52. The van der Waals surface area contributed by atoms with Gasteiger partial charge in [-0.2, -0.15) is 0 Å². The van der Waals surface area contributed by atoms with Crippen molar-refractivity contribution in [2.24, 2.45) is 14.1 Å². The van der Waals surface area contributed by atoms with Crippen LogP contribution in [0, 0.1) is 6.92 Å². The zero-order chi connectivity index (χ0) is 21.3. The molecule has 4 rings (SSSR count). The summed E-state index contributed by atoms with van der Waals surface area (Å²) in [4.78, 5) is 38.6. The highest BCUT2D eigenvalue weighted by atomic mass is 32.2. The molecule has 3 aromatic heterocycles. The number of rotatable bonds is 6. The SMILES string of the molecule is Cc1cc(-c2ccccc2)nc(SCCCn2c(=O)c3c(ncn3C)n(C)c2=O)n1. The lowest BCUT2D eigenvalue weighted by atomic mass is 10.1. The Morgan fingerprint density at radius 1 is 1.07 bits per heavy atom. The Labute approximate surface area is 177 Å². The number of hydrogen-bond acceptors (Lipinski definition) is 6. The minimum absolute atomic E-state index is 0.309. The number of hydrogen-bond donors (Lipinski definition) is 0. The number of benzene rings is 1. The van der Waals surface area contributed by atoms with E-state index in [0.29, 0.717) is 35.0 Å². The predicted molar refractivity (Wildman–Crippen MR) is 118 cm³/mol. The van der Waals surface area contributed by atoms with Crippen molar-refractivity contribution in [3.63, 3.8) is 0 Å². The molecule has 0 radical (unpaired) electrons. The van der Waals surface area contributed by atoms with E-state index in [1.807, 2.05) is 43.3 Å². The second kappa shape index (κ2) is 8.27. The third-order valence-electron chi connectivity index (χ3n) is 4.86. The van der Waals surface area contributed by atoms with Gasteiger partial charge in [0.25, 0.3) is 5.56 Å². The van der Waals surface area contributed by atoms with E-state index in [1.54, 1.807) is 25.0 Å². The highest BCUT2D eigenvalue weighted by Crippen LogP contribution is 2.22. The molecule has 30 heavy (non-hydrogen) atoms. The fourth-order valence-corrected chi connectivity index (χ4v) is 4.17. The van der Waals surface area contributed by atoms with E-state index in [-0.39, 0.29) is 11.2 Å². The van der Waals surface area contributed by atoms with Crippen LogP contribution in [0.4, 0.5) is 0 Å². The summed E-state index contributed by atoms with van der Waals surface area (Å²) in [5.74, 6) is 0.691. The summed E-state index contributed by atoms with van der Waals surface area (Å²) in [5.41, 5.74) is 3.00. The van der Waals surface area contributed by atoms with Gasteiger partial charge in [-0.15, -0.1) is 0 Å². The molecule has 0 saturated carbocycles. The van der Waals surface area contributed by atoms with Gasteiger partial charge in [0.1, 0.15) is 0 Å². The van der Waals surface area contributed by atoms with Crippen molar-refractivity contribution in [1.29, 1.82) is 0 Å². The average Bonchev–Trinajstić information content (AvgIpc) is 3.13. The molecule has 0 amide bonds. The number of aromatic nitrogens is 6. The Bertz CT molecular complexity index is 1320. The highest BCUT2D eigenvalue weighted by molar-refractivity contribution is 7.99. The summed E-state index contributed by atoms with van der Waals surface area (Å²) in [5, 5.41) is 0.691.